The molecular weight excluding hydrogens is 343 g/mol. The Kier molecular flexibility index (Phi) is 4.75. The fraction of sp³-hybridized carbons (Fsp3) is 0.273. The van der Waals surface area contributed by atoms with Gasteiger partial charge < -0.3 is 9.72 Å². The fourth-order valence-corrected chi connectivity index (χ4v) is 3.77. The summed E-state index contributed by atoms with van der Waals surface area (Å²) in [6, 6.07) is 10.4. The Balaban J connectivity index is 1.82. The van der Waals surface area contributed by atoms with E-state index in [1.165, 1.54) is 26.0 Å². The van der Waals surface area contributed by atoms with Crippen LogP contribution in [0.3, 0.4) is 0 Å². The molecule has 0 amide bonds. The molecule has 4 rings (SSSR count). The zero-order valence-electron chi connectivity index (χ0n) is 15.2. The molecule has 1 aliphatic rings. The first-order chi connectivity index (χ1) is 13.2. The number of pyridine rings is 1. The van der Waals surface area contributed by atoms with Crippen LogP contribution in [0, 0.1) is 11.7 Å². The van der Waals surface area contributed by atoms with Crippen LogP contribution in [-0.2, 0) is 4.74 Å². The van der Waals surface area contributed by atoms with Crippen molar-refractivity contribution in [3.05, 3.63) is 71.3 Å². The van der Waals surface area contributed by atoms with Crippen molar-refractivity contribution < 1.29 is 13.9 Å². The number of carbonyl (C=O) groups excluding carboxylic acids is 1. The van der Waals surface area contributed by atoms with E-state index in [2.05, 4.69) is 20.8 Å². The molecule has 1 fully saturated rings. The zero-order valence-corrected chi connectivity index (χ0v) is 15.2. The Morgan fingerprint density at radius 3 is 2.78 bits per heavy atom. The molecule has 0 aliphatic heterocycles. The molecule has 27 heavy (non-hydrogen) atoms. The van der Waals surface area contributed by atoms with Crippen LogP contribution >= 0.6 is 0 Å². The second-order valence-electron chi connectivity index (χ2n) is 6.94. The Hall–Kier alpha value is -2.95. The van der Waals surface area contributed by atoms with Crippen molar-refractivity contribution in [1.29, 1.82) is 0 Å². The number of benzene rings is 1. The SMILES string of the molecule is COC(=O)c1ccc(/C(=C/C2CCCC2)c2cc3cccnc3[nH]2)c(F)c1. The number of aromatic amines is 1. The number of methoxy groups -OCH3 is 1. The Morgan fingerprint density at radius 2 is 2.07 bits per heavy atom. The Morgan fingerprint density at radius 1 is 1.26 bits per heavy atom. The first kappa shape index (κ1) is 17.5. The van der Waals surface area contributed by atoms with Gasteiger partial charge in [0.25, 0.3) is 0 Å². The number of rotatable bonds is 4. The molecule has 1 aliphatic carbocycles. The number of carbonyl (C=O) groups is 1. The summed E-state index contributed by atoms with van der Waals surface area (Å²) in [5.74, 6) is -0.551. The van der Waals surface area contributed by atoms with E-state index in [4.69, 9.17) is 0 Å². The van der Waals surface area contributed by atoms with Crippen molar-refractivity contribution in [3.63, 3.8) is 0 Å². The summed E-state index contributed by atoms with van der Waals surface area (Å²) in [6.45, 7) is 0. The molecule has 0 spiro atoms. The maximum absolute atomic E-state index is 14.9. The van der Waals surface area contributed by atoms with Gasteiger partial charge in [0.05, 0.1) is 12.7 Å². The highest BCUT2D eigenvalue weighted by Gasteiger charge is 2.19. The average Bonchev–Trinajstić information content (AvgIpc) is 3.35. The zero-order chi connectivity index (χ0) is 18.8. The van der Waals surface area contributed by atoms with Crippen molar-refractivity contribution in [2.75, 3.05) is 7.11 Å². The van der Waals surface area contributed by atoms with E-state index < -0.39 is 11.8 Å². The van der Waals surface area contributed by atoms with Crippen LogP contribution in [0.15, 0.2) is 48.7 Å². The minimum absolute atomic E-state index is 0.206. The third-order valence-electron chi connectivity index (χ3n) is 5.16. The molecule has 1 aromatic carbocycles. The number of allylic oxidation sites excluding steroid dienone is 1. The third kappa shape index (κ3) is 3.50. The summed E-state index contributed by atoms with van der Waals surface area (Å²) >= 11 is 0. The van der Waals surface area contributed by atoms with Crippen LogP contribution < -0.4 is 0 Å². The summed E-state index contributed by atoms with van der Waals surface area (Å²) in [5.41, 5.74) is 3.10. The van der Waals surface area contributed by atoms with Crippen molar-refractivity contribution in [2.45, 2.75) is 25.7 Å². The van der Waals surface area contributed by atoms with Crippen molar-refractivity contribution in [1.82, 2.24) is 9.97 Å². The van der Waals surface area contributed by atoms with Gasteiger partial charge in [0.15, 0.2) is 0 Å². The minimum atomic E-state index is -0.545. The summed E-state index contributed by atoms with van der Waals surface area (Å²) in [7, 11) is 1.29. The number of aromatic nitrogens is 2. The normalized spacial score (nSPS) is 15.4. The van der Waals surface area contributed by atoms with Gasteiger partial charge in [0.1, 0.15) is 11.5 Å². The van der Waals surface area contributed by atoms with Crippen LogP contribution in [0.4, 0.5) is 4.39 Å². The molecule has 4 nitrogen and oxygen atoms in total. The van der Waals surface area contributed by atoms with Gasteiger partial charge in [-0.05, 0) is 49.1 Å². The Bertz CT molecular complexity index is 983. The van der Waals surface area contributed by atoms with Crippen LogP contribution in [0.1, 0.15) is 47.3 Å². The third-order valence-corrected chi connectivity index (χ3v) is 5.16. The Labute approximate surface area is 157 Å². The lowest BCUT2D eigenvalue weighted by atomic mass is 9.95. The van der Waals surface area contributed by atoms with E-state index in [0.29, 0.717) is 11.5 Å². The van der Waals surface area contributed by atoms with Gasteiger partial charge in [-0.1, -0.05) is 25.0 Å². The number of ether oxygens (including phenoxy) is 1. The highest BCUT2D eigenvalue weighted by molar-refractivity contribution is 5.91. The van der Waals surface area contributed by atoms with E-state index >= 15 is 0 Å². The molecule has 0 radical (unpaired) electrons. The number of H-pyrrole nitrogens is 1. The minimum Gasteiger partial charge on any atom is -0.465 e. The van der Waals surface area contributed by atoms with E-state index in [-0.39, 0.29) is 5.56 Å². The smallest absolute Gasteiger partial charge is 0.337 e. The van der Waals surface area contributed by atoms with Crippen LogP contribution in [0.2, 0.25) is 0 Å². The van der Waals surface area contributed by atoms with Crippen molar-refractivity contribution in [2.24, 2.45) is 5.92 Å². The predicted octanol–water partition coefficient (Wildman–Crippen LogP) is 5.11. The van der Waals surface area contributed by atoms with E-state index in [9.17, 15) is 9.18 Å². The predicted molar refractivity (Wildman–Crippen MR) is 103 cm³/mol. The van der Waals surface area contributed by atoms with Gasteiger partial charge in [-0.25, -0.2) is 14.2 Å². The molecule has 0 unspecified atom stereocenters. The summed E-state index contributed by atoms with van der Waals surface area (Å²) in [6.07, 6.45) is 8.52. The van der Waals surface area contributed by atoms with Crippen molar-refractivity contribution in [3.8, 4) is 0 Å². The van der Waals surface area contributed by atoms with E-state index in [1.807, 2.05) is 18.2 Å². The van der Waals surface area contributed by atoms with E-state index in [1.54, 1.807) is 18.3 Å². The van der Waals surface area contributed by atoms with Gasteiger partial charge in [0, 0.05) is 28.4 Å². The molecule has 0 bridgehead atoms. The molecule has 0 atom stereocenters. The number of esters is 1. The fourth-order valence-electron chi connectivity index (χ4n) is 3.77. The number of nitrogens with one attached hydrogen (secondary N) is 1. The van der Waals surface area contributed by atoms with Crippen LogP contribution in [-0.4, -0.2) is 23.0 Å². The van der Waals surface area contributed by atoms with Gasteiger partial charge in [0.2, 0.25) is 0 Å². The van der Waals surface area contributed by atoms with Crippen molar-refractivity contribution >= 4 is 22.6 Å². The second kappa shape index (κ2) is 7.35. The topological polar surface area (TPSA) is 55.0 Å². The maximum atomic E-state index is 14.9. The lowest BCUT2D eigenvalue weighted by Gasteiger charge is -2.12. The number of halogens is 1. The van der Waals surface area contributed by atoms with Gasteiger partial charge in [-0.15, -0.1) is 0 Å². The molecule has 0 saturated heterocycles. The number of hydrogen-bond acceptors (Lipinski definition) is 3. The molecule has 1 N–H and O–H groups in total. The monoisotopic (exact) mass is 364 g/mol. The molecule has 2 aromatic heterocycles. The molecule has 138 valence electrons. The van der Waals surface area contributed by atoms with Gasteiger partial charge >= 0.3 is 5.97 Å². The summed E-state index contributed by atoms with van der Waals surface area (Å²) in [4.78, 5) is 19.3. The maximum Gasteiger partial charge on any atom is 0.337 e. The van der Waals surface area contributed by atoms with Crippen LogP contribution in [0.25, 0.3) is 16.6 Å². The first-order valence-corrected chi connectivity index (χ1v) is 9.20. The number of hydrogen-bond donors (Lipinski definition) is 1. The highest BCUT2D eigenvalue weighted by atomic mass is 19.1. The molecule has 1 saturated carbocycles. The lowest BCUT2D eigenvalue weighted by molar-refractivity contribution is 0.0600. The molecular formula is C22H21FN2O2. The lowest BCUT2D eigenvalue weighted by Crippen LogP contribution is -2.04. The van der Waals surface area contributed by atoms with Gasteiger partial charge in [-0.3, -0.25) is 0 Å². The molecule has 5 heteroatoms. The standard InChI is InChI=1S/C22H21FN2O2/c1-27-22(26)16-8-9-17(19(23)12-16)18(11-14-5-2-3-6-14)20-13-15-7-4-10-24-21(15)25-20/h4,7-14H,2-3,5-6H2,1H3,(H,24,25)/b18-11-. The number of fused-ring (bicyclic) bond motifs is 1. The summed E-state index contributed by atoms with van der Waals surface area (Å²) in [5, 5.41) is 0.983. The highest BCUT2D eigenvalue weighted by Crippen LogP contribution is 2.34. The quantitative estimate of drug-likeness (QED) is 0.655. The largest absolute Gasteiger partial charge is 0.465 e. The average molecular weight is 364 g/mol. The molecule has 2 heterocycles. The van der Waals surface area contributed by atoms with E-state index in [0.717, 1.165) is 35.1 Å². The molecule has 3 aromatic rings. The second-order valence-corrected chi connectivity index (χ2v) is 6.94. The van der Waals surface area contributed by atoms with Crippen LogP contribution in [0.5, 0.6) is 0 Å². The summed E-state index contributed by atoms with van der Waals surface area (Å²) < 4.78 is 19.6. The number of nitrogens with zero attached hydrogens (tertiary/aromatic N) is 1. The first-order valence-electron chi connectivity index (χ1n) is 9.20. The van der Waals surface area contributed by atoms with Gasteiger partial charge in [-0.2, -0.15) is 0 Å².